The lowest BCUT2D eigenvalue weighted by Crippen LogP contribution is -2.49. The molecular formula is C28H46O. The Balaban J connectivity index is 1.57. The Morgan fingerprint density at radius 2 is 1.86 bits per heavy atom. The molecule has 164 valence electrons. The maximum absolute atomic E-state index is 10.5. The minimum Gasteiger partial charge on any atom is -0.393 e. The minimum absolute atomic E-state index is 0.0680. The van der Waals surface area contributed by atoms with Crippen molar-refractivity contribution in [3.8, 4) is 0 Å². The Labute approximate surface area is 180 Å². The van der Waals surface area contributed by atoms with Crippen LogP contribution in [0, 0.1) is 40.4 Å². The second kappa shape index (κ2) is 7.85. The maximum Gasteiger partial charge on any atom is 0.0569 e. The molecule has 0 saturated heterocycles. The predicted molar refractivity (Wildman–Crippen MR) is 124 cm³/mol. The van der Waals surface area contributed by atoms with E-state index in [9.17, 15) is 5.11 Å². The molecule has 0 aliphatic heterocycles. The fourth-order valence-corrected chi connectivity index (χ4v) is 8.72. The van der Waals surface area contributed by atoms with E-state index in [2.05, 4.69) is 47.6 Å². The molecule has 4 aliphatic rings. The SMILES string of the molecule is CC(C)=CCC[C@H](C)[C@@H]1CC[C@H]2C3=C(CC[C@@]21C)[C@@]1(C)CC[C@H](O)[C@@H](C)[C@H]1CC3. The van der Waals surface area contributed by atoms with E-state index in [1.165, 1.54) is 63.4 Å². The first-order valence-electron chi connectivity index (χ1n) is 12.7. The number of hydrogen-bond acceptors (Lipinski definition) is 1. The summed E-state index contributed by atoms with van der Waals surface area (Å²) in [6.45, 7) is 14.6. The summed E-state index contributed by atoms with van der Waals surface area (Å²) in [5.41, 5.74) is 6.15. The quantitative estimate of drug-likeness (QED) is 0.481. The van der Waals surface area contributed by atoms with Crippen molar-refractivity contribution in [3.63, 3.8) is 0 Å². The summed E-state index contributed by atoms with van der Waals surface area (Å²) in [5, 5.41) is 10.5. The lowest BCUT2D eigenvalue weighted by molar-refractivity contribution is -0.0336. The van der Waals surface area contributed by atoms with Crippen molar-refractivity contribution in [1.29, 1.82) is 0 Å². The van der Waals surface area contributed by atoms with E-state index in [1.54, 1.807) is 0 Å². The summed E-state index contributed by atoms with van der Waals surface area (Å²) in [6, 6.07) is 0. The van der Waals surface area contributed by atoms with E-state index < -0.39 is 0 Å². The summed E-state index contributed by atoms with van der Waals surface area (Å²) >= 11 is 0. The standard InChI is InChI=1S/C28H46O/c1-18(2)8-7-9-19(3)22-12-13-24-21-10-11-23-20(4)26(29)15-17-28(23,6)25(21)14-16-27(22,24)5/h8,19-20,22-24,26,29H,7,9-17H2,1-6H3/t19-,20-,22-,23+,24-,26-,27+,28-/m0/s1. The van der Waals surface area contributed by atoms with Gasteiger partial charge in [-0.25, -0.2) is 0 Å². The minimum atomic E-state index is -0.0680. The third-order valence-electron chi connectivity index (χ3n) is 10.4. The lowest BCUT2D eigenvalue weighted by atomic mass is 9.49. The molecule has 4 rings (SSSR count). The molecule has 0 spiro atoms. The second-order valence-electron chi connectivity index (χ2n) is 12.1. The van der Waals surface area contributed by atoms with E-state index in [1.807, 2.05) is 11.1 Å². The zero-order valence-corrected chi connectivity index (χ0v) is 20.1. The highest BCUT2D eigenvalue weighted by molar-refractivity contribution is 5.34. The zero-order valence-electron chi connectivity index (χ0n) is 20.1. The van der Waals surface area contributed by atoms with Gasteiger partial charge >= 0.3 is 0 Å². The van der Waals surface area contributed by atoms with Crippen LogP contribution in [0.4, 0.5) is 0 Å². The Morgan fingerprint density at radius 1 is 1.10 bits per heavy atom. The van der Waals surface area contributed by atoms with Gasteiger partial charge in [-0.2, -0.15) is 0 Å². The van der Waals surface area contributed by atoms with Crippen LogP contribution in [0.25, 0.3) is 0 Å². The molecule has 0 aromatic heterocycles. The summed E-state index contributed by atoms with van der Waals surface area (Å²) in [7, 11) is 0. The normalized spacial score (nSPS) is 45.3. The number of fused-ring (bicyclic) bond motifs is 4. The van der Waals surface area contributed by atoms with Gasteiger partial charge in [0.15, 0.2) is 0 Å². The van der Waals surface area contributed by atoms with Crippen LogP contribution < -0.4 is 0 Å². The van der Waals surface area contributed by atoms with Crippen LogP contribution in [-0.2, 0) is 0 Å². The molecule has 0 bridgehead atoms. The Hall–Kier alpha value is -0.560. The summed E-state index contributed by atoms with van der Waals surface area (Å²) in [6.07, 6.45) is 15.5. The Kier molecular flexibility index (Phi) is 5.86. The first-order chi connectivity index (χ1) is 13.7. The van der Waals surface area contributed by atoms with Gasteiger partial charge in [0.25, 0.3) is 0 Å². The smallest absolute Gasteiger partial charge is 0.0569 e. The van der Waals surface area contributed by atoms with E-state index in [0.29, 0.717) is 22.7 Å². The van der Waals surface area contributed by atoms with Gasteiger partial charge in [-0.1, -0.05) is 50.5 Å². The highest BCUT2D eigenvalue weighted by Crippen LogP contribution is 2.66. The third-order valence-corrected chi connectivity index (χ3v) is 10.4. The van der Waals surface area contributed by atoms with Crippen molar-refractivity contribution >= 4 is 0 Å². The van der Waals surface area contributed by atoms with E-state index >= 15 is 0 Å². The van der Waals surface area contributed by atoms with Crippen LogP contribution in [0.15, 0.2) is 22.8 Å². The molecular weight excluding hydrogens is 352 g/mol. The molecule has 0 radical (unpaired) electrons. The van der Waals surface area contributed by atoms with Crippen LogP contribution in [0.1, 0.15) is 106 Å². The van der Waals surface area contributed by atoms with Crippen molar-refractivity contribution < 1.29 is 5.11 Å². The van der Waals surface area contributed by atoms with Crippen molar-refractivity contribution in [3.05, 3.63) is 22.8 Å². The van der Waals surface area contributed by atoms with Crippen molar-refractivity contribution in [1.82, 2.24) is 0 Å². The van der Waals surface area contributed by atoms with Crippen molar-refractivity contribution in [2.24, 2.45) is 40.4 Å². The van der Waals surface area contributed by atoms with Crippen molar-refractivity contribution in [2.75, 3.05) is 0 Å². The lowest BCUT2D eigenvalue weighted by Gasteiger charge is -2.56. The molecule has 29 heavy (non-hydrogen) atoms. The van der Waals surface area contributed by atoms with Crippen LogP contribution in [-0.4, -0.2) is 11.2 Å². The second-order valence-corrected chi connectivity index (χ2v) is 12.1. The molecule has 1 heteroatoms. The molecule has 1 nitrogen and oxygen atoms in total. The Morgan fingerprint density at radius 3 is 2.59 bits per heavy atom. The van der Waals surface area contributed by atoms with Gasteiger partial charge in [0, 0.05) is 0 Å². The molecule has 2 saturated carbocycles. The number of hydrogen-bond donors (Lipinski definition) is 1. The summed E-state index contributed by atoms with van der Waals surface area (Å²) in [5.74, 6) is 3.78. The average molecular weight is 399 g/mol. The van der Waals surface area contributed by atoms with Gasteiger partial charge in [0.05, 0.1) is 6.10 Å². The zero-order chi connectivity index (χ0) is 21.0. The molecule has 8 atom stereocenters. The van der Waals surface area contributed by atoms with Gasteiger partial charge in [-0.15, -0.1) is 0 Å². The van der Waals surface area contributed by atoms with Gasteiger partial charge in [-0.3, -0.25) is 0 Å². The van der Waals surface area contributed by atoms with Gasteiger partial charge in [0.2, 0.25) is 0 Å². The number of aliphatic hydroxyl groups is 1. The molecule has 0 aromatic carbocycles. The summed E-state index contributed by atoms with van der Waals surface area (Å²) < 4.78 is 0. The average Bonchev–Trinajstić information content (AvgIpc) is 3.02. The van der Waals surface area contributed by atoms with Crippen LogP contribution in [0.5, 0.6) is 0 Å². The number of aliphatic hydroxyl groups excluding tert-OH is 1. The van der Waals surface area contributed by atoms with Crippen LogP contribution in [0.3, 0.4) is 0 Å². The molecule has 4 aliphatic carbocycles. The molecule has 1 N–H and O–H groups in total. The molecule has 0 heterocycles. The molecule has 0 unspecified atom stereocenters. The highest BCUT2D eigenvalue weighted by Gasteiger charge is 2.56. The fraction of sp³-hybridized carbons (Fsp3) is 0.857. The summed E-state index contributed by atoms with van der Waals surface area (Å²) in [4.78, 5) is 0. The largest absolute Gasteiger partial charge is 0.393 e. The highest BCUT2D eigenvalue weighted by atomic mass is 16.3. The van der Waals surface area contributed by atoms with E-state index in [4.69, 9.17) is 0 Å². The van der Waals surface area contributed by atoms with Crippen molar-refractivity contribution in [2.45, 2.75) is 112 Å². The van der Waals surface area contributed by atoms with Gasteiger partial charge < -0.3 is 5.11 Å². The monoisotopic (exact) mass is 398 g/mol. The number of allylic oxidation sites excluding steroid dienone is 4. The maximum atomic E-state index is 10.5. The van der Waals surface area contributed by atoms with E-state index in [-0.39, 0.29) is 6.10 Å². The number of rotatable bonds is 4. The first-order valence-corrected chi connectivity index (χ1v) is 12.7. The van der Waals surface area contributed by atoms with Gasteiger partial charge in [-0.05, 0) is 118 Å². The van der Waals surface area contributed by atoms with Crippen LogP contribution in [0.2, 0.25) is 0 Å². The fourth-order valence-electron chi connectivity index (χ4n) is 8.72. The molecule has 2 fully saturated rings. The Bertz CT molecular complexity index is 682. The predicted octanol–water partition coefficient (Wildman–Crippen LogP) is 7.70. The molecule has 0 aromatic rings. The molecule has 0 amide bonds. The first kappa shape index (κ1) is 21.7. The van der Waals surface area contributed by atoms with Gasteiger partial charge in [0.1, 0.15) is 0 Å². The third kappa shape index (κ3) is 3.48. The topological polar surface area (TPSA) is 20.2 Å². The van der Waals surface area contributed by atoms with E-state index in [0.717, 1.165) is 24.2 Å². The van der Waals surface area contributed by atoms with Crippen LogP contribution >= 0.6 is 0 Å².